The summed E-state index contributed by atoms with van der Waals surface area (Å²) in [6.45, 7) is 8.12. The molecule has 2 rings (SSSR count). The fourth-order valence-corrected chi connectivity index (χ4v) is 2.61. The molecule has 1 aliphatic rings. The Hall–Kier alpha value is -1.35. The number of nitrogens with one attached hydrogen (secondary N) is 1. The number of allylic oxidation sites excluding steroid dienone is 1. The van der Waals surface area contributed by atoms with E-state index in [1.54, 1.807) is 6.20 Å². The molecule has 0 radical (unpaired) electrons. The summed E-state index contributed by atoms with van der Waals surface area (Å²) in [6, 6.07) is 5.77. The Bertz CT molecular complexity index is 418. The maximum atomic E-state index is 10.4. The van der Waals surface area contributed by atoms with Crippen LogP contribution >= 0.6 is 0 Å². The number of nitrogens with zero attached hydrogens (tertiary/aromatic N) is 1. The van der Waals surface area contributed by atoms with Gasteiger partial charge in [-0.15, -0.1) is 0 Å². The zero-order valence-corrected chi connectivity index (χ0v) is 11.2. The standard InChI is InChI=1S/C15H22N2O/c1-11(2)12-7-8-15(3,13(18)10-12)17-14-6-4-5-9-16-14/h4-6,9,12-13,18H,1,7-8,10H2,2-3H3,(H,16,17)/t12-,13+,15+/m1/s1. The van der Waals surface area contributed by atoms with Gasteiger partial charge in [0.05, 0.1) is 11.6 Å². The Kier molecular flexibility index (Phi) is 3.71. The third-order valence-corrected chi connectivity index (χ3v) is 4.03. The lowest BCUT2D eigenvalue weighted by atomic mass is 9.73. The summed E-state index contributed by atoms with van der Waals surface area (Å²) in [5.74, 6) is 1.27. The predicted octanol–water partition coefficient (Wildman–Crippen LogP) is 2.99. The molecule has 1 saturated carbocycles. The van der Waals surface area contributed by atoms with Gasteiger partial charge in [-0.25, -0.2) is 4.98 Å². The van der Waals surface area contributed by atoms with Crippen molar-refractivity contribution in [1.29, 1.82) is 0 Å². The summed E-state index contributed by atoms with van der Waals surface area (Å²) in [5, 5.41) is 13.8. The number of hydrogen-bond donors (Lipinski definition) is 2. The summed E-state index contributed by atoms with van der Waals surface area (Å²) < 4.78 is 0. The van der Waals surface area contributed by atoms with Crippen molar-refractivity contribution in [2.45, 2.75) is 44.8 Å². The monoisotopic (exact) mass is 246 g/mol. The van der Waals surface area contributed by atoms with E-state index in [9.17, 15) is 5.11 Å². The first kappa shape index (κ1) is 13.1. The summed E-state index contributed by atoms with van der Waals surface area (Å²) in [6.07, 6.45) is 4.18. The largest absolute Gasteiger partial charge is 0.391 e. The molecule has 3 nitrogen and oxygen atoms in total. The van der Waals surface area contributed by atoms with Gasteiger partial charge in [0.1, 0.15) is 5.82 Å². The Labute approximate surface area is 109 Å². The van der Waals surface area contributed by atoms with Gasteiger partial charge in [-0.05, 0) is 51.2 Å². The summed E-state index contributed by atoms with van der Waals surface area (Å²) >= 11 is 0. The van der Waals surface area contributed by atoms with Gasteiger partial charge in [0.25, 0.3) is 0 Å². The van der Waals surface area contributed by atoms with Crippen LogP contribution in [0, 0.1) is 5.92 Å². The third-order valence-electron chi connectivity index (χ3n) is 4.03. The molecule has 0 amide bonds. The lowest BCUT2D eigenvalue weighted by Crippen LogP contribution is -2.50. The molecule has 0 bridgehead atoms. The van der Waals surface area contributed by atoms with Gasteiger partial charge in [-0.2, -0.15) is 0 Å². The van der Waals surface area contributed by atoms with Crippen LogP contribution in [0.3, 0.4) is 0 Å². The molecule has 0 unspecified atom stereocenters. The van der Waals surface area contributed by atoms with E-state index < -0.39 is 0 Å². The van der Waals surface area contributed by atoms with Crippen molar-refractivity contribution in [2.24, 2.45) is 5.92 Å². The number of aliphatic hydroxyl groups excluding tert-OH is 1. The molecule has 18 heavy (non-hydrogen) atoms. The van der Waals surface area contributed by atoms with Gasteiger partial charge in [-0.1, -0.05) is 18.2 Å². The molecular weight excluding hydrogens is 224 g/mol. The average Bonchev–Trinajstić information content (AvgIpc) is 2.34. The van der Waals surface area contributed by atoms with E-state index in [0.717, 1.165) is 25.1 Å². The fraction of sp³-hybridized carbons (Fsp3) is 0.533. The highest BCUT2D eigenvalue weighted by atomic mass is 16.3. The third kappa shape index (κ3) is 2.72. The minimum absolute atomic E-state index is 0.291. The van der Waals surface area contributed by atoms with Crippen molar-refractivity contribution < 1.29 is 5.11 Å². The van der Waals surface area contributed by atoms with Crippen LogP contribution in [-0.2, 0) is 0 Å². The quantitative estimate of drug-likeness (QED) is 0.806. The average molecular weight is 246 g/mol. The fourth-order valence-electron chi connectivity index (χ4n) is 2.61. The van der Waals surface area contributed by atoms with Crippen LogP contribution in [0.5, 0.6) is 0 Å². The van der Waals surface area contributed by atoms with Crippen molar-refractivity contribution in [3.8, 4) is 0 Å². The van der Waals surface area contributed by atoms with E-state index in [1.807, 2.05) is 25.1 Å². The number of anilines is 1. The van der Waals surface area contributed by atoms with Crippen molar-refractivity contribution in [2.75, 3.05) is 5.32 Å². The summed E-state index contributed by atoms with van der Waals surface area (Å²) in [7, 11) is 0. The molecule has 3 atom stereocenters. The zero-order chi connectivity index (χ0) is 13.2. The molecule has 1 heterocycles. The number of hydrogen-bond acceptors (Lipinski definition) is 3. The van der Waals surface area contributed by atoms with E-state index >= 15 is 0 Å². The molecule has 2 N–H and O–H groups in total. The molecule has 98 valence electrons. The van der Waals surface area contributed by atoms with Crippen molar-refractivity contribution in [3.63, 3.8) is 0 Å². The second-order valence-corrected chi connectivity index (χ2v) is 5.59. The Balaban J connectivity index is 2.06. The Morgan fingerprint density at radius 3 is 2.89 bits per heavy atom. The van der Waals surface area contributed by atoms with Crippen LogP contribution in [0.4, 0.5) is 5.82 Å². The number of rotatable bonds is 3. The molecule has 0 spiro atoms. The van der Waals surface area contributed by atoms with E-state index in [4.69, 9.17) is 0 Å². The van der Waals surface area contributed by atoms with Crippen LogP contribution in [0.15, 0.2) is 36.5 Å². The van der Waals surface area contributed by atoms with E-state index in [2.05, 4.69) is 23.8 Å². The highest BCUT2D eigenvalue weighted by Crippen LogP contribution is 2.37. The van der Waals surface area contributed by atoms with E-state index in [1.165, 1.54) is 5.57 Å². The predicted molar refractivity (Wildman–Crippen MR) is 74.4 cm³/mol. The molecule has 3 heteroatoms. The highest BCUT2D eigenvalue weighted by molar-refractivity contribution is 5.37. The first-order chi connectivity index (χ1) is 8.51. The molecule has 0 aliphatic heterocycles. The second-order valence-electron chi connectivity index (χ2n) is 5.59. The molecule has 0 aromatic carbocycles. The van der Waals surface area contributed by atoms with Gasteiger partial charge in [-0.3, -0.25) is 0 Å². The highest BCUT2D eigenvalue weighted by Gasteiger charge is 2.39. The maximum Gasteiger partial charge on any atom is 0.126 e. The number of aromatic nitrogens is 1. The topological polar surface area (TPSA) is 45.2 Å². The number of aliphatic hydroxyl groups is 1. The summed E-state index contributed by atoms with van der Waals surface area (Å²) in [5.41, 5.74) is 0.884. The first-order valence-corrected chi connectivity index (χ1v) is 6.54. The molecule has 1 aliphatic carbocycles. The van der Waals surface area contributed by atoms with Gasteiger partial charge >= 0.3 is 0 Å². The van der Waals surface area contributed by atoms with Crippen LogP contribution in [-0.4, -0.2) is 21.7 Å². The van der Waals surface area contributed by atoms with Crippen LogP contribution in [0.25, 0.3) is 0 Å². The molecular formula is C15H22N2O. The van der Waals surface area contributed by atoms with Crippen molar-refractivity contribution in [3.05, 3.63) is 36.5 Å². The smallest absolute Gasteiger partial charge is 0.126 e. The first-order valence-electron chi connectivity index (χ1n) is 6.54. The molecule has 0 saturated heterocycles. The van der Waals surface area contributed by atoms with Crippen LogP contribution in [0.2, 0.25) is 0 Å². The van der Waals surface area contributed by atoms with Crippen molar-refractivity contribution >= 4 is 5.82 Å². The summed E-state index contributed by atoms with van der Waals surface area (Å²) in [4.78, 5) is 4.27. The normalized spacial score (nSPS) is 31.9. The second kappa shape index (κ2) is 5.11. The van der Waals surface area contributed by atoms with Gasteiger partial charge < -0.3 is 10.4 Å². The van der Waals surface area contributed by atoms with Gasteiger partial charge in [0, 0.05) is 6.20 Å². The van der Waals surface area contributed by atoms with E-state index in [0.29, 0.717) is 5.92 Å². The lowest BCUT2D eigenvalue weighted by Gasteiger charge is -2.42. The van der Waals surface area contributed by atoms with E-state index in [-0.39, 0.29) is 11.6 Å². The SMILES string of the molecule is C=C(C)[C@@H]1CC[C@](C)(Nc2ccccn2)[C@@H](O)C1. The number of pyridine rings is 1. The van der Waals surface area contributed by atoms with Crippen molar-refractivity contribution in [1.82, 2.24) is 4.98 Å². The van der Waals surface area contributed by atoms with Crippen LogP contribution in [0.1, 0.15) is 33.1 Å². The van der Waals surface area contributed by atoms with Gasteiger partial charge in [0.2, 0.25) is 0 Å². The molecule has 1 fully saturated rings. The van der Waals surface area contributed by atoms with Gasteiger partial charge in [0.15, 0.2) is 0 Å². The lowest BCUT2D eigenvalue weighted by molar-refractivity contribution is 0.0511. The van der Waals surface area contributed by atoms with Crippen LogP contribution < -0.4 is 5.32 Å². The molecule has 1 aromatic heterocycles. The zero-order valence-electron chi connectivity index (χ0n) is 11.2. The Morgan fingerprint density at radius 1 is 1.56 bits per heavy atom. The minimum atomic E-state index is -0.366. The maximum absolute atomic E-state index is 10.4. The Morgan fingerprint density at radius 2 is 2.33 bits per heavy atom. The minimum Gasteiger partial charge on any atom is -0.391 e. The molecule has 1 aromatic rings.